The maximum atomic E-state index is 15.8. The molecule has 28 heteroatoms. The van der Waals surface area contributed by atoms with E-state index in [9.17, 15) is 49.8 Å². The predicted molar refractivity (Wildman–Crippen MR) is 326 cm³/mol. The van der Waals surface area contributed by atoms with Gasteiger partial charge in [-0.25, -0.2) is 4.79 Å². The molecule has 8 aromatic rings. The van der Waals surface area contributed by atoms with Gasteiger partial charge in [-0.3, -0.25) is 33.6 Å². The number of halogens is 6. The highest BCUT2D eigenvalue weighted by atomic mass is 35.5. The van der Waals surface area contributed by atoms with Crippen molar-refractivity contribution in [1.29, 1.82) is 0 Å². The number of Topliss-reactive ketones (excluding diaryl/α,β-unsaturated/α-hetero) is 1. The van der Waals surface area contributed by atoms with Crippen molar-refractivity contribution in [2.45, 2.75) is 49.1 Å². The van der Waals surface area contributed by atoms with Gasteiger partial charge in [-0.1, -0.05) is 106 Å². The minimum Gasteiger partial charge on any atom is -0.508 e. The molecule has 0 fully saturated rings. The number of nitrogens with zero attached hydrogens (tertiary/aromatic N) is 1. The highest BCUT2D eigenvalue weighted by Gasteiger charge is 2.40. The third-order valence-electron chi connectivity index (χ3n) is 14.9. The van der Waals surface area contributed by atoms with Crippen LogP contribution in [-0.4, -0.2) is 107 Å². The SMILES string of the molecule is CN1C(=O)[C@@H](c2cc(Cl)c(O)c(Cl)c2)NC(=O)[C@@H]2NC(=O)[C@@H](c3cc(Cl)c(O)c(Cl)c3)NC(=O)[C@@H](NC(=O)C(=O)c3cc(Cl)c(O)c(Cl)c3)Cc3c[nH]c4cc(ccc34)-c3cc2cc(c3O)Oc2ccc(cc2)C[C@H]1C(=O)N[C@H](C(=O)O)c1ccc(O)cc1. The van der Waals surface area contributed by atoms with Crippen LogP contribution >= 0.6 is 69.6 Å². The molecule has 456 valence electrons. The topological polar surface area (TPSA) is 346 Å². The van der Waals surface area contributed by atoms with E-state index in [2.05, 4.69) is 31.6 Å². The summed E-state index contributed by atoms with van der Waals surface area (Å²) in [5.41, 5.74) is 0.449. The lowest BCUT2D eigenvalue weighted by Gasteiger charge is -2.33. The number of carboxylic acid groups (broad SMARTS) is 1. The molecule has 6 atom stereocenters. The van der Waals surface area contributed by atoms with Crippen LogP contribution in [0.15, 0.2) is 121 Å². The van der Waals surface area contributed by atoms with Crippen LogP contribution in [0.4, 0.5) is 0 Å². The zero-order valence-corrected chi connectivity index (χ0v) is 50.0. The van der Waals surface area contributed by atoms with Crippen LogP contribution in [0.2, 0.25) is 30.1 Å². The van der Waals surface area contributed by atoms with E-state index in [-0.39, 0.29) is 72.7 Å². The van der Waals surface area contributed by atoms with Gasteiger partial charge in [-0.2, -0.15) is 0 Å². The number of carbonyl (C=O) groups excluding carboxylic acids is 7. The lowest BCUT2D eigenvalue weighted by Crippen LogP contribution is -2.55. The monoisotopic (exact) mass is 1330 g/mol. The molecule has 0 saturated heterocycles. The number of aromatic nitrogens is 1. The van der Waals surface area contributed by atoms with Crippen LogP contribution in [0.25, 0.3) is 22.0 Å². The smallest absolute Gasteiger partial charge is 0.330 e. The molecule has 22 nitrogen and oxygen atoms in total. The van der Waals surface area contributed by atoms with E-state index in [0.717, 1.165) is 41.3 Å². The summed E-state index contributed by atoms with van der Waals surface area (Å²) in [6, 6.07) is 13.3. The Morgan fingerprint density at radius 2 is 1.13 bits per heavy atom. The molecular weight excluding hydrogens is 1280 g/mol. The summed E-state index contributed by atoms with van der Waals surface area (Å²) in [4.78, 5) is 121. The van der Waals surface area contributed by atoms with Crippen LogP contribution in [0.5, 0.6) is 40.2 Å². The molecule has 12 rings (SSSR count). The van der Waals surface area contributed by atoms with Crippen molar-refractivity contribution in [2.75, 3.05) is 7.05 Å². The van der Waals surface area contributed by atoms with Crippen LogP contribution in [-0.2, 0) is 46.4 Å². The third-order valence-corrected chi connectivity index (χ3v) is 16.6. The van der Waals surface area contributed by atoms with Crippen LogP contribution in [0.1, 0.15) is 67.9 Å². The van der Waals surface area contributed by atoms with Crippen LogP contribution < -0.4 is 31.3 Å². The fourth-order valence-electron chi connectivity index (χ4n) is 10.2. The molecule has 4 aliphatic heterocycles. The molecular formula is C61H45Cl6N7O15. The van der Waals surface area contributed by atoms with E-state index < -0.39 is 133 Å². The number of rotatable bonds is 9. The number of aliphatic carboxylic acids is 1. The number of benzene rings is 7. The average Bonchev–Trinajstić information content (AvgIpc) is 1.98. The molecule has 4 aliphatic rings. The number of carbonyl (C=O) groups is 8. The number of amides is 6. The number of aromatic amines is 1. The number of phenolic OH excluding ortho intramolecular Hbond substituents is 5. The number of hydrogen-bond donors (Lipinski definition) is 12. The summed E-state index contributed by atoms with van der Waals surface area (Å²) in [7, 11) is 1.19. The maximum absolute atomic E-state index is 15.8. The Morgan fingerprint density at radius 1 is 0.607 bits per heavy atom. The Kier molecular flexibility index (Phi) is 17.8. The number of aromatic hydroxyl groups is 5. The van der Waals surface area contributed by atoms with E-state index >= 15 is 19.2 Å². The molecule has 0 saturated carbocycles. The number of phenols is 5. The number of hydrogen-bond acceptors (Lipinski definition) is 14. The average molecular weight is 1330 g/mol. The van der Waals surface area contributed by atoms with Crippen LogP contribution in [0, 0.1) is 0 Å². The first-order chi connectivity index (χ1) is 42.2. The lowest BCUT2D eigenvalue weighted by atomic mass is 9.94. The van der Waals surface area contributed by atoms with E-state index in [1.54, 1.807) is 18.2 Å². The summed E-state index contributed by atoms with van der Waals surface area (Å²) in [5.74, 6) is -12.7. The molecule has 0 spiro atoms. The largest absolute Gasteiger partial charge is 0.508 e. The summed E-state index contributed by atoms with van der Waals surface area (Å²) in [6.45, 7) is 0. The first-order valence-electron chi connectivity index (χ1n) is 26.4. The second-order valence-corrected chi connectivity index (χ2v) is 23.1. The first-order valence-corrected chi connectivity index (χ1v) is 28.6. The van der Waals surface area contributed by atoms with Gasteiger partial charge in [0.2, 0.25) is 35.3 Å². The number of carboxylic acids is 1. The van der Waals surface area contributed by atoms with Gasteiger partial charge >= 0.3 is 5.97 Å². The Labute approximate surface area is 532 Å². The second-order valence-electron chi connectivity index (χ2n) is 20.6. The summed E-state index contributed by atoms with van der Waals surface area (Å²) >= 11 is 38.0. The molecule has 0 unspecified atom stereocenters. The Bertz CT molecular complexity index is 4210. The van der Waals surface area contributed by atoms with Gasteiger partial charge in [0.05, 0.1) is 30.1 Å². The number of H-pyrrole nitrogens is 1. The third kappa shape index (κ3) is 13.0. The van der Waals surface area contributed by atoms with E-state index in [4.69, 9.17) is 74.3 Å². The van der Waals surface area contributed by atoms with Crippen molar-refractivity contribution >= 4 is 128 Å². The number of ketones is 1. The van der Waals surface area contributed by atoms with Gasteiger partial charge in [0.1, 0.15) is 41.7 Å². The van der Waals surface area contributed by atoms with Crippen molar-refractivity contribution in [3.63, 3.8) is 0 Å². The second kappa shape index (κ2) is 25.4. The predicted octanol–water partition coefficient (Wildman–Crippen LogP) is 9.20. The van der Waals surface area contributed by atoms with Gasteiger partial charge in [0.15, 0.2) is 34.8 Å². The quantitative estimate of drug-likeness (QED) is 0.0473. The fraction of sp³-hybridized carbons (Fsp3) is 0.148. The molecule has 6 amide bonds. The Balaban J connectivity index is 1.15. The highest BCUT2D eigenvalue weighted by Crippen LogP contribution is 2.44. The van der Waals surface area contributed by atoms with Gasteiger partial charge < -0.3 is 71.8 Å². The zero-order chi connectivity index (χ0) is 64.0. The molecule has 5 heterocycles. The van der Waals surface area contributed by atoms with Crippen molar-refractivity contribution in [2.24, 2.45) is 0 Å². The molecule has 1 aromatic heterocycles. The minimum atomic E-state index is -2.07. The lowest BCUT2D eigenvalue weighted by molar-refractivity contribution is -0.145. The van der Waals surface area contributed by atoms with Crippen molar-refractivity contribution < 1.29 is 73.7 Å². The van der Waals surface area contributed by atoms with Gasteiger partial charge in [0.25, 0.3) is 5.91 Å². The van der Waals surface area contributed by atoms with Crippen molar-refractivity contribution in [1.82, 2.24) is 36.5 Å². The Hall–Kier alpha value is -9.42. The summed E-state index contributed by atoms with van der Waals surface area (Å²) < 4.78 is 6.37. The normalized spacial score (nSPS) is 18.2. The summed E-state index contributed by atoms with van der Waals surface area (Å²) in [6.07, 6.45) is 0.782. The molecule has 0 aliphatic carbocycles. The van der Waals surface area contributed by atoms with E-state index in [1.807, 2.05) is 0 Å². The number of likely N-dealkylation sites (N-methyl/N-ethyl adjacent to an activating group) is 1. The van der Waals surface area contributed by atoms with Gasteiger partial charge in [0, 0.05) is 48.1 Å². The number of nitrogens with one attached hydrogen (secondary N) is 6. The van der Waals surface area contributed by atoms with Crippen molar-refractivity contribution in [3.05, 3.63) is 191 Å². The molecule has 89 heavy (non-hydrogen) atoms. The highest BCUT2D eigenvalue weighted by molar-refractivity contribution is 6.45. The van der Waals surface area contributed by atoms with E-state index in [0.29, 0.717) is 22.0 Å². The van der Waals surface area contributed by atoms with Crippen molar-refractivity contribution in [3.8, 4) is 51.4 Å². The Morgan fingerprint density at radius 3 is 1.71 bits per heavy atom. The summed E-state index contributed by atoms with van der Waals surface area (Å²) in [5, 5.41) is 75.0. The fourth-order valence-corrected chi connectivity index (χ4v) is 11.7. The van der Waals surface area contributed by atoms with Gasteiger partial charge in [-0.15, -0.1) is 0 Å². The molecule has 7 aromatic carbocycles. The molecule has 9 bridgehead atoms. The molecule has 12 N–H and O–H groups in total. The molecule has 0 radical (unpaired) electrons. The zero-order valence-electron chi connectivity index (χ0n) is 45.5. The number of ether oxygens (including phenoxy) is 1. The minimum absolute atomic E-state index is 0.00208. The number of fused-ring (bicyclic) bond motifs is 15. The first kappa shape index (κ1) is 62.6. The van der Waals surface area contributed by atoms with Crippen LogP contribution in [0.3, 0.4) is 0 Å². The van der Waals surface area contributed by atoms with E-state index in [1.165, 1.54) is 73.9 Å². The maximum Gasteiger partial charge on any atom is 0.330 e. The van der Waals surface area contributed by atoms with Gasteiger partial charge in [-0.05, 0) is 118 Å². The standard InChI is InChI=1S/C61H45Cl6N7O15/c1-74-44(56(82)73-49(61(87)88)25-4-7-32(75)8-5-25)12-24-2-9-33(10-3-24)89-45-22-27-13-35(51(45)77)26-6-11-34-31(23-68-42(34)20-26)21-43(69-59(85)50(76)30-18-40(66)54(80)41(67)19-30)55(81)70-47(28-14-36(62)52(78)37(63)15-28)57(83)71-46(27)58(84)72-48(60(74)86)29-16-38(64)53(79)39(65)17-29/h2-11,13-20,22-23,43-44,46-49,68,75,77-80H,12,21H2,1H3,(H,69,85)(H,70,81)(H,71,83)(H,72,84)(H,73,82)(H,87,88)/t43-,44-,46+,47+,48+,49-/m0/s1.